The number of aryl methyl sites for hydroxylation is 1. The van der Waals surface area contributed by atoms with Crippen molar-refractivity contribution in [3.63, 3.8) is 0 Å². The van der Waals surface area contributed by atoms with Crippen LogP contribution >= 0.6 is 0 Å². The summed E-state index contributed by atoms with van der Waals surface area (Å²) in [7, 11) is 1.83. The Morgan fingerprint density at radius 1 is 1.32 bits per heavy atom. The van der Waals surface area contributed by atoms with E-state index in [0.717, 1.165) is 24.2 Å². The van der Waals surface area contributed by atoms with Gasteiger partial charge in [0, 0.05) is 32.2 Å². The molecule has 1 aliphatic rings. The lowest BCUT2D eigenvalue weighted by atomic mass is 10.0. The SMILES string of the molecule is Cn1ccnc1CN1CCCC(NC(=O)Cc2cc(C(F)(F)F)ccn2)C1=O. The highest BCUT2D eigenvalue weighted by Gasteiger charge is 2.32. The molecule has 2 aromatic rings. The molecular formula is C18H20F3N5O2. The lowest BCUT2D eigenvalue weighted by Crippen LogP contribution is -2.52. The van der Waals surface area contributed by atoms with Crippen LogP contribution in [0.3, 0.4) is 0 Å². The summed E-state index contributed by atoms with van der Waals surface area (Å²) >= 11 is 0. The van der Waals surface area contributed by atoms with Crippen LogP contribution in [-0.4, -0.2) is 43.8 Å². The number of pyridine rings is 1. The number of carbonyl (C=O) groups is 2. The molecule has 2 amide bonds. The smallest absolute Gasteiger partial charge is 0.344 e. The molecule has 28 heavy (non-hydrogen) atoms. The molecule has 10 heteroatoms. The molecule has 3 rings (SSSR count). The van der Waals surface area contributed by atoms with Gasteiger partial charge in [0.15, 0.2) is 0 Å². The van der Waals surface area contributed by atoms with Crippen molar-refractivity contribution in [2.24, 2.45) is 7.05 Å². The number of halogens is 3. The zero-order chi connectivity index (χ0) is 20.3. The van der Waals surface area contributed by atoms with E-state index >= 15 is 0 Å². The van der Waals surface area contributed by atoms with Crippen molar-refractivity contribution in [1.29, 1.82) is 0 Å². The third-order valence-corrected chi connectivity index (χ3v) is 4.60. The number of likely N-dealkylation sites (tertiary alicyclic amines) is 1. The van der Waals surface area contributed by atoms with E-state index in [1.54, 1.807) is 17.3 Å². The van der Waals surface area contributed by atoms with Gasteiger partial charge in [-0.05, 0) is 25.0 Å². The van der Waals surface area contributed by atoms with Crippen LogP contribution in [0.25, 0.3) is 0 Å². The van der Waals surface area contributed by atoms with E-state index in [-0.39, 0.29) is 18.0 Å². The van der Waals surface area contributed by atoms with Crippen molar-refractivity contribution in [3.8, 4) is 0 Å². The van der Waals surface area contributed by atoms with E-state index in [9.17, 15) is 22.8 Å². The average Bonchev–Trinajstić information content (AvgIpc) is 3.03. The second-order valence-corrected chi connectivity index (χ2v) is 6.69. The van der Waals surface area contributed by atoms with E-state index in [1.165, 1.54) is 0 Å². The fraction of sp³-hybridized carbons (Fsp3) is 0.444. The van der Waals surface area contributed by atoms with E-state index in [2.05, 4.69) is 15.3 Å². The number of aromatic nitrogens is 3. The third kappa shape index (κ3) is 4.68. The number of hydrogen-bond acceptors (Lipinski definition) is 4. The van der Waals surface area contributed by atoms with Gasteiger partial charge in [-0.2, -0.15) is 13.2 Å². The first-order chi connectivity index (χ1) is 13.2. The predicted molar refractivity (Wildman–Crippen MR) is 92.7 cm³/mol. The summed E-state index contributed by atoms with van der Waals surface area (Å²) in [5.74, 6) is -0.0305. The molecule has 1 atom stereocenters. The summed E-state index contributed by atoms with van der Waals surface area (Å²) in [6, 6.07) is 0.990. The van der Waals surface area contributed by atoms with Gasteiger partial charge >= 0.3 is 6.18 Å². The molecule has 0 spiro atoms. The van der Waals surface area contributed by atoms with Crippen LogP contribution in [0, 0.1) is 0 Å². The maximum absolute atomic E-state index is 12.8. The summed E-state index contributed by atoms with van der Waals surface area (Å²) in [4.78, 5) is 34.5. The van der Waals surface area contributed by atoms with Crippen molar-refractivity contribution in [1.82, 2.24) is 24.8 Å². The molecule has 0 radical (unpaired) electrons. The topological polar surface area (TPSA) is 80.1 Å². The minimum atomic E-state index is -4.50. The zero-order valence-corrected chi connectivity index (χ0v) is 15.2. The number of hydrogen-bond donors (Lipinski definition) is 1. The Balaban J connectivity index is 1.60. The maximum Gasteiger partial charge on any atom is 0.416 e. The van der Waals surface area contributed by atoms with E-state index < -0.39 is 23.7 Å². The Hall–Kier alpha value is -2.91. The standard InChI is InChI=1S/C18H20F3N5O2/c1-25-8-6-23-15(25)11-26-7-2-3-14(17(26)28)24-16(27)10-13-9-12(4-5-22-13)18(19,20)21/h4-6,8-9,14H,2-3,7,10-11H2,1H3,(H,24,27). The summed E-state index contributed by atoms with van der Waals surface area (Å²) in [5, 5.41) is 2.62. The van der Waals surface area contributed by atoms with Crippen LogP contribution in [0.5, 0.6) is 0 Å². The average molecular weight is 395 g/mol. The number of nitrogens with zero attached hydrogens (tertiary/aromatic N) is 4. The monoisotopic (exact) mass is 395 g/mol. The first-order valence-corrected chi connectivity index (χ1v) is 8.80. The molecule has 150 valence electrons. The predicted octanol–water partition coefficient (Wildman–Crippen LogP) is 1.68. The zero-order valence-electron chi connectivity index (χ0n) is 15.2. The molecule has 0 aromatic carbocycles. The minimum Gasteiger partial charge on any atom is -0.344 e. The largest absolute Gasteiger partial charge is 0.416 e. The summed E-state index contributed by atoms with van der Waals surface area (Å²) in [6.45, 7) is 0.900. The van der Waals surface area contributed by atoms with E-state index in [0.29, 0.717) is 25.9 Å². The van der Waals surface area contributed by atoms with Crippen LogP contribution in [0.1, 0.15) is 29.9 Å². The van der Waals surface area contributed by atoms with Crippen molar-refractivity contribution < 1.29 is 22.8 Å². The molecule has 1 unspecified atom stereocenters. The van der Waals surface area contributed by atoms with Crippen molar-refractivity contribution >= 4 is 11.8 Å². The van der Waals surface area contributed by atoms with Gasteiger partial charge in [-0.3, -0.25) is 14.6 Å². The van der Waals surface area contributed by atoms with Crippen molar-refractivity contribution in [2.75, 3.05) is 6.54 Å². The lowest BCUT2D eigenvalue weighted by Gasteiger charge is -2.32. The number of carbonyl (C=O) groups excluding carboxylic acids is 2. The molecule has 1 saturated heterocycles. The number of imidazole rings is 1. The molecule has 1 N–H and O–H groups in total. The first-order valence-electron chi connectivity index (χ1n) is 8.80. The van der Waals surface area contributed by atoms with Crippen molar-refractivity contribution in [3.05, 3.63) is 47.8 Å². The maximum atomic E-state index is 12.8. The molecule has 7 nitrogen and oxygen atoms in total. The van der Waals surface area contributed by atoms with Gasteiger partial charge in [-0.15, -0.1) is 0 Å². The molecular weight excluding hydrogens is 375 g/mol. The molecule has 0 bridgehead atoms. The second kappa shape index (κ2) is 7.99. The fourth-order valence-corrected chi connectivity index (χ4v) is 3.11. The van der Waals surface area contributed by atoms with Gasteiger partial charge in [0.2, 0.25) is 11.8 Å². The summed E-state index contributed by atoms with van der Waals surface area (Å²) in [6.07, 6.45) is 0.814. The number of amides is 2. The molecule has 1 fully saturated rings. The van der Waals surface area contributed by atoms with Crippen LogP contribution in [0.4, 0.5) is 13.2 Å². The van der Waals surface area contributed by atoms with E-state index in [4.69, 9.17) is 0 Å². The minimum absolute atomic E-state index is 0.000417. The normalized spacial score (nSPS) is 17.6. The van der Waals surface area contributed by atoms with Crippen LogP contribution in [0.15, 0.2) is 30.7 Å². The number of alkyl halides is 3. The summed E-state index contributed by atoms with van der Waals surface area (Å²) < 4.78 is 40.1. The van der Waals surface area contributed by atoms with Gasteiger partial charge in [0.1, 0.15) is 11.9 Å². The number of nitrogens with one attached hydrogen (secondary N) is 1. The number of piperidine rings is 1. The van der Waals surface area contributed by atoms with Crippen molar-refractivity contribution in [2.45, 2.75) is 38.0 Å². The van der Waals surface area contributed by atoms with Gasteiger partial charge in [0.25, 0.3) is 0 Å². The lowest BCUT2D eigenvalue weighted by molar-refractivity contribution is -0.139. The Morgan fingerprint density at radius 2 is 2.11 bits per heavy atom. The fourth-order valence-electron chi connectivity index (χ4n) is 3.11. The molecule has 1 aliphatic heterocycles. The number of rotatable bonds is 5. The Labute approximate surface area is 159 Å². The Morgan fingerprint density at radius 3 is 2.79 bits per heavy atom. The summed E-state index contributed by atoms with van der Waals surface area (Å²) in [5.41, 5.74) is -0.860. The van der Waals surface area contributed by atoms with Gasteiger partial charge in [0.05, 0.1) is 24.2 Å². The molecule has 2 aromatic heterocycles. The van der Waals surface area contributed by atoms with Crippen LogP contribution < -0.4 is 5.32 Å². The Bertz CT molecular complexity index is 865. The van der Waals surface area contributed by atoms with E-state index in [1.807, 2.05) is 11.6 Å². The highest BCUT2D eigenvalue weighted by molar-refractivity contribution is 5.88. The van der Waals surface area contributed by atoms with Gasteiger partial charge in [-0.25, -0.2) is 4.98 Å². The Kier molecular flexibility index (Phi) is 5.66. The molecule has 3 heterocycles. The first kappa shape index (κ1) is 19.8. The quantitative estimate of drug-likeness (QED) is 0.836. The third-order valence-electron chi connectivity index (χ3n) is 4.60. The van der Waals surface area contributed by atoms with Gasteiger partial charge in [-0.1, -0.05) is 0 Å². The second-order valence-electron chi connectivity index (χ2n) is 6.69. The highest BCUT2D eigenvalue weighted by Crippen LogP contribution is 2.29. The molecule has 0 saturated carbocycles. The molecule has 0 aliphatic carbocycles. The van der Waals surface area contributed by atoms with Crippen LogP contribution in [0.2, 0.25) is 0 Å². The van der Waals surface area contributed by atoms with Gasteiger partial charge < -0.3 is 14.8 Å². The highest BCUT2D eigenvalue weighted by atomic mass is 19.4. The van der Waals surface area contributed by atoms with Crippen LogP contribution in [-0.2, 0) is 35.8 Å².